The highest BCUT2D eigenvalue weighted by molar-refractivity contribution is 5.84. The van der Waals surface area contributed by atoms with Gasteiger partial charge in [0, 0.05) is 59.5 Å². The highest BCUT2D eigenvalue weighted by Gasteiger charge is 2.42. The highest BCUT2D eigenvalue weighted by atomic mass is 16.5. The standard InChI is InChI=1S/C32H39N5O2/c1-21(2)22-7-9-26(10-8-22)34-32(38)39-20-27-17-25-13-16-37(27)19-28(25)30-18-29(23-5-3-4-6-23)35-31(36-30)24-11-14-33-15-12-24/h7-12,14-15,18,21,23,25,27-28H,3-6,13,16-17,19-20H2,1-2H3,(H,34,38)/t25-,27+,28-/m0/s1. The molecule has 3 saturated heterocycles. The summed E-state index contributed by atoms with van der Waals surface area (Å²) in [6, 6.07) is 14.6. The van der Waals surface area contributed by atoms with Crippen LogP contribution in [0.1, 0.15) is 87.1 Å². The quantitative estimate of drug-likeness (QED) is 0.368. The van der Waals surface area contributed by atoms with Crippen molar-refractivity contribution in [2.75, 3.05) is 25.0 Å². The van der Waals surface area contributed by atoms with Crippen molar-refractivity contribution in [2.24, 2.45) is 5.92 Å². The fraction of sp³-hybridized carbons (Fsp3) is 0.500. The molecule has 1 N–H and O–H groups in total. The van der Waals surface area contributed by atoms with Gasteiger partial charge in [0.05, 0.1) is 0 Å². The van der Waals surface area contributed by atoms with Crippen LogP contribution in [0.2, 0.25) is 0 Å². The van der Waals surface area contributed by atoms with E-state index in [4.69, 9.17) is 14.7 Å². The summed E-state index contributed by atoms with van der Waals surface area (Å²) < 4.78 is 5.70. The molecule has 7 rings (SSSR count). The second-order valence-corrected chi connectivity index (χ2v) is 11.8. The number of ether oxygens (including phenoxy) is 1. The topological polar surface area (TPSA) is 80.2 Å². The number of rotatable bonds is 7. The number of aromatic nitrogens is 3. The van der Waals surface area contributed by atoms with Crippen LogP contribution in [0.25, 0.3) is 11.4 Å². The fourth-order valence-electron chi connectivity index (χ4n) is 6.66. The van der Waals surface area contributed by atoms with Gasteiger partial charge in [0.2, 0.25) is 0 Å². The van der Waals surface area contributed by atoms with Gasteiger partial charge in [-0.05, 0) is 80.0 Å². The van der Waals surface area contributed by atoms with Gasteiger partial charge in [-0.1, -0.05) is 38.8 Å². The number of fused-ring (bicyclic) bond motifs is 3. The Morgan fingerprint density at radius 3 is 2.46 bits per heavy atom. The van der Waals surface area contributed by atoms with Crippen molar-refractivity contribution in [3.05, 3.63) is 71.8 Å². The zero-order valence-electron chi connectivity index (χ0n) is 23.1. The van der Waals surface area contributed by atoms with E-state index < -0.39 is 0 Å². The normalized spacial score (nSPS) is 24.7. The molecule has 5 heterocycles. The minimum Gasteiger partial charge on any atom is -0.448 e. The van der Waals surface area contributed by atoms with Gasteiger partial charge < -0.3 is 4.74 Å². The molecular formula is C32H39N5O2. The van der Waals surface area contributed by atoms with Crippen LogP contribution >= 0.6 is 0 Å². The largest absolute Gasteiger partial charge is 0.448 e. The predicted molar refractivity (Wildman–Crippen MR) is 153 cm³/mol. The maximum Gasteiger partial charge on any atom is 0.411 e. The third-order valence-electron chi connectivity index (χ3n) is 8.97. The van der Waals surface area contributed by atoms with Crippen molar-refractivity contribution in [1.82, 2.24) is 19.9 Å². The van der Waals surface area contributed by atoms with Crippen LogP contribution in [0.15, 0.2) is 54.9 Å². The van der Waals surface area contributed by atoms with Crippen LogP contribution in [-0.2, 0) is 4.74 Å². The zero-order chi connectivity index (χ0) is 26.8. The van der Waals surface area contributed by atoms with Gasteiger partial charge in [0.15, 0.2) is 5.82 Å². The van der Waals surface area contributed by atoms with Crippen molar-refractivity contribution in [3.8, 4) is 11.4 Å². The molecule has 0 radical (unpaired) electrons. The molecule has 4 fully saturated rings. The van der Waals surface area contributed by atoms with E-state index in [1.807, 2.05) is 36.7 Å². The minimum absolute atomic E-state index is 0.255. The molecule has 1 aliphatic carbocycles. The number of anilines is 1. The molecule has 1 unspecified atom stereocenters. The summed E-state index contributed by atoms with van der Waals surface area (Å²) in [6.07, 6.45) is 10.4. The molecule has 2 aromatic heterocycles. The van der Waals surface area contributed by atoms with E-state index in [9.17, 15) is 4.79 Å². The zero-order valence-corrected chi connectivity index (χ0v) is 23.1. The van der Waals surface area contributed by atoms with Crippen LogP contribution in [-0.4, -0.2) is 51.7 Å². The van der Waals surface area contributed by atoms with E-state index in [-0.39, 0.29) is 12.1 Å². The first-order valence-electron chi connectivity index (χ1n) is 14.6. The molecule has 39 heavy (non-hydrogen) atoms. The lowest BCUT2D eigenvalue weighted by Crippen LogP contribution is -2.54. The molecule has 4 aliphatic rings. The smallest absolute Gasteiger partial charge is 0.411 e. The van der Waals surface area contributed by atoms with Crippen LogP contribution in [0.5, 0.6) is 0 Å². The molecule has 0 spiro atoms. The number of nitrogens with zero attached hydrogens (tertiary/aromatic N) is 4. The molecule has 2 bridgehead atoms. The van der Waals surface area contributed by atoms with E-state index in [2.05, 4.69) is 47.2 Å². The maximum atomic E-state index is 12.5. The number of piperidine rings is 3. The van der Waals surface area contributed by atoms with Gasteiger partial charge >= 0.3 is 6.09 Å². The lowest BCUT2D eigenvalue weighted by atomic mass is 9.74. The molecule has 7 nitrogen and oxygen atoms in total. The van der Waals surface area contributed by atoms with Gasteiger partial charge in [-0.3, -0.25) is 15.2 Å². The van der Waals surface area contributed by atoms with Gasteiger partial charge in [0.1, 0.15) is 6.61 Å². The molecule has 3 aliphatic heterocycles. The Hall–Kier alpha value is -3.32. The second kappa shape index (κ2) is 11.4. The Kier molecular flexibility index (Phi) is 7.60. The molecular weight excluding hydrogens is 486 g/mol. The summed E-state index contributed by atoms with van der Waals surface area (Å²) in [7, 11) is 0. The SMILES string of the molecule is CC(C)c1ccc(NC(=O)OC[C@H]2C[C@@H]3CCN2C[C@@H]3c2cc(C3CCCC3)nc(-c3ccncc3)n2)cc1. The van der Waals surface area contributed by atoms with E-state index in [0.717, 1.165) is 43.0 Å². The van der Waals surface area contributed by atoms with Crippen LogP contribution in [0, 0.1) is 5.92 Å². The van der Waals surface area contributed by atoms with Crippen molar-refractivity contribution < 1.29 is 9.53 Å². The van der Waals surface area contributed by atoms with Gasteiger partial charge in [-0.2, -0.15) is 0 Å². The third-order valence-corrected chi connectivity index (χ3v) is 8.97. The van der Waals surface area contributed by atoms with Crippen LogP contribution in [0.4, 0.5) is 10.5 Å². The first-order chi connectivity index (χ1) is 19.0. The Bertz CT molecular complexity index is 1270. The average molecular weight is 526 g/mol. The predicted octanol–water partition coefficient (Wildman–Crippen LogP) is 6.75. The number of hydrogen-bond acceptors (Lipinski definition) is 6. The lowest BCUT2D eigenvalue weighted by molar-refractivity contribution is -0.00149. The Morgan fingerprint density at radius 2 is 1.77 bits per heavy atom. The van der Waals surface area contributed by atoms with Gasteiger partial charge in [0.25, 0.3) is 0 Å². The number of hydrogen-bond donors (Lipinski definition) is 1. The monoisotopic (exact) mass is 525 g/mol. The summed E-state index contributed by atoms with van der Waals surface area (Å²) in [5.41, 5.74) is 5.43. The maximum absolute atomic E-state index is 12.5. The summed E-state index contributed by atoms with van der Waals surface area (Å²) in [5.74, 6) is 2.74. The van der Waals surface area contributed by atoms with E-state index >= 15 is 0 Å². The van der Waals surface area contributed by atoms with Crippen molar-refractivity contribution in [3.63, 3.8) is 0 Å². The fourth-order valence-corrected chi connectivity index (χ4v) is 6.66. The average Bonchev–Trinajstić information content (AvgIpc) is 3.52. The molecule has 7 heteroatoms. The highest BCUT2D eigenvalue weighted by Crippen LogP contribution is 2.43. The molecule has 1 saturated carbocycles. The number of benzene rings is 1. The summed E-state index contributed by atoms with van der Waals surface area (Å²) in [5, 5.41) is 2.88. The second-order valence-electron chi connectivity index (χ2n) is 11.8. The number of pyridine rings is 1. The first-order valence-corrected chi connectivity index (χ1v) is 14.6. The molecule has 1 aromatic carbocycles. The van der Waals surface area contributed by atoms with E-state index in [0.29, 0.717) is 30.3 Å². The summed E-state index contributed by atoms with van der Waals surface area (Å²) in [4.78, 5) is 29.4. The molecule has 1 amide bonds. The van der Waals surface area contributed by atoms with Gasteiger partial charge in [-0.25, -0.2) is 14.8 Å². The third kappa shape index (κ3) is 5.83. The van der Waals surface area contributed by atoms with E-state index in [1.165, 1.54) is 42.6 Å². The number of carbonyl (C=O) groups is 1. The summed E-state index contributed by atoms with van der Waals surface area (Å²) in [6.45, 7) is 6.74. The minimum atomic E-state index is -0.384. The lowest BCUT2D eigenvalue weighted by Gasteiger charge is -2.49. The number of carbonyl (C=O) groups excluding carboxylic acids is 1. The van der Waals surface area contributed by atoms with Gasteiger partial charge in [-0.15, -0.1) is 0 Å². The van der Waals surface area contributed by atoms with E-state index in [1.54, 1.807) is 0 Å². The number of amides is 1. The Balaban J connectivity index is 1.12. The molecule has 4 atom stereocenters. The first kappa shape index (κ1) is 25.9. The molecule has 3 aromatic rings. The Morgan fingerprint density at radius 1 is 1.03 bits per heavy atom. The Labute approximate surface area is 231 Å². The van der Waals surface area contributed by atoms with Crippen LogP contribution in [0.3, 0.4) is 0 Å². The van der Waals surface area contributed by atoms with Crippen LogP contribution < -0.4 is 5.32 Å². The number of nitrogens with one attached hydrogen (secondary N) is 1. The van der Waals surface area contributed by atoms with Crippen molar-refractivity contribution in [2.45, 2.75) is 76.2 Å². The molecule has 204 valence electrons. The van der Waals surface area contributed by atoms with Crippen molar-refractivity contribution in [1.29, 1.82) is 0 Å². The van der Waals surface area contributed by atoms with Crippen molar-refractivity contribution >= 4 is 11.8 Å². The summed E-state index contributed by atoms with van der Waals surface area (Å²) >= 11 is 0.